The first-order chi connectivity index (χ1) is 10.3. The van der Waals surface area contributed by atoms with Crippen molar-refractivity contribution in [1.82, 2.24) is 5.32 Å². The molecule has 0 saturated heterocycles. The smallest absolute Gasteiger partial charge is 0.0311 e. The van der Waals surface area contributed by atoms with Crippen LogP contribution in [0.3, 0.4) is 0 Å². The Morgan fingerprint density at radius 1 is 1.05 bits per heavy atom. The minimum Gasteiger partial charge on any atom is -0.313 e. The Kier molecular flexibility index (Phi) is 11.4. The van der Waals surface area contributed by atoms with E-state index in [9.17, 15) is 0 Å². The molecule has 0 aromatic heterocycles. The van der Waals surface area contributed by atoms with Crippen LogP contribution in [0.4, 0.5) is 0 Å². The summed E-state index contributed by atoms with van der Waals surface area (Å²) in [6.45, 7) is 5.55. The molecule has 1 unspecified atom stereocenters. The molecule has 0 amide bonds. The number of unbranched alkanes of at least 4 members (excludes halogenated alkanes) is 5. The third-order valence-electron chi connectivity index (χ3n) is 3.68. The molecule has 0 heterocycles. The van der Waals surface area contributed by atoms with E-state index in [0.717, 1.165) is 12.3 Å². The van der Waals surface area contributed by atoms with E-state index in [4.69, 9.17) is 0 Å². The van der Waals surface area contributed by atoms with Crippen LogP contribution in [0.15, 0.2) is 33.6 Å². The summed E-state index contributed by atoms with van der Waals surface area (Å²) in [5.74, 6) is 1.16. The molecule has 120 valence electrons. The third kappa shape index (κ3) is 8.90. The first kappa shape index (κ1) is 19.1. The van der Waals surface area contributed by atoms with Crippen LogP contribution in [0.5, 0.6) is 0 Å². The van der Waals surface area contributed by atoms with Gasteiger partial charge < -0.3 is 5.32 Å². The van der Waals surface area contributed by atoms with Gasteiger partial charge in [-0.2, -0.15) is 0 Å². The summed E-state index contributed by atoms with van der Waals surface area (Å²) < 4.78 is 1.21. The molecule has 0 aliphatic heterocycles. The summed E-state index contributed by atoms with van der Waals surface area (Å²) in [6.07, 6.45) is 9.60. The minimum absolute atomic E-state index is 0.637. The summed E-state index contributed by atoms with van der Waals surface area (Å²) in [5.41, 5.74) is 0. The van der Waals surface area contributed by atoms with Crippen LogP contribution in [0, 0.1) is 0 Å². The highest BCUT2D eigenvalue weighted by atomic mass is 79.9. The average molecular weight is 372 g/mol. The van der Waals surface area contributed by atoms with Crippen molar-refractivity contribution < 1.29 is 0 Å². The minimum atomic E-state index is 0.637. The summed E-state index contributed by atoms with van der Waals surface area (Å²) in [6, 6.07) is 9.15. The Morgan fingerprint density at radius 2 is 1.76 bits per heavy atom. The van der Waals surface area contributed by atoms with Crippen LogP contribution < -0.4 is 5.32 Å². The molecule has 1 aromatic carbocycles. The van der Waals surface area contributed by atoms with Gasteiger partial charge in [-0.1, -0.05) is 64.5 Å². The lowest BCUT2D eigenvalue weighted by molar-refractivity contribution is 0.494. The molecular formula is C18H30BrNS. The molecule has 0 saturated carbocycles. The van der Waals surface area contributed by atoms with Crippen molar-refractivity contribution in [3.05, 3.63) is 28.7 Å². The van der Waals surface area contributed by atoms with Crippen molar-refractivity contribution in [2.75, 3.05) is 12.3 Å². The molecule has 0 bridgehead atoms. The topological polar surface area (TPSA) is 12.0 Å². The molecule has 0 fully saturated rings. The predicted molar refractivity (Wildman–Crippen MR) is 100 cm³/mol. The van der Waals surface area contributed by atoms with Crippen molar-refractivity contribution >= 4 is 27.7 Å². The fourth-order valence-corrected chi connectivity index (χ4v) is 4.13. The van der Waals surface area contributed by atoms with Gasteiger partial charge in [0.15, 0.2) is 0 Å². The highest BCUT2D eigenvalue weighted by molar-refractivity contribution is 9.10. The molecule has 1 nitrogen and oxygen atoms in total. The van der Waals surface area contributed by atoms with Gasteiger partial charge in [0, 0.05) is 21.2 Å². The van der Waals surface area contributed by atoms with E-state index in [1.165, 1.54) is 54.3 Å². The van der Waals surface area contributed by atoms with Crippen LogP contribution in [0.2, 0.25) is 0 Å². The zero-order valence-corrected chi connectivity index (χ0v) is 15.9. The van der Waals surface area contributed by atoms with Crippen molar-refractivity contribution in [3.63, 3.8) is 0 Å². The first-order valence-electron chi connectivity index (χ1n) is 8.38. The van der Waals surface area contributed by atoms with E-state index < -0.39 is 0 Å². The van der Waals surface area contributed by atoms with Crippen LogP contribution >= 0.6 is 27.7 Å². The summed E-state index contributed by atoms with van der Waals surface area (Å²) in [4.78, 5) is 1.35. The summed E-state index contributed by atoms with van der Waals surface area (Å²) in [5, 5.41) is 3.64. The lowest BCUT2D eigenvalue weighted by Gasteiger charge is -2.18. The largest absolute Gasteiger partial charge is 0.313 e. The fraction of sp³-hybridized carbons (Fsp3) is 0.667. The second-order valence-corrected chi connectivity index (χ2v) is 7.47. The fourth-order valence-electron chi connectivity index (χ4n) is 2.46. The van der Waals surface area contributed by atoms with Gasteiger partial charge in [0.2, 0.25) is 0 Å². The van der Waals surface area contributed by atoms with E-state index in [1.807, 2.05) is 11.8 Å². The van der Waals surface area contributed by atoms with Gasteiger partial charge in [0.05, 0.1) is 0 Å². The molecule has 0 aliphatic rings. The monoisotopic (exact) mass is 371 g/mol. The second-order valence-electron chi connectivity index (χ2n) is 5.55. The molecular weight excluding hydrogens is 342 g/mol. The Bertz CT molecular complexity index is 370. The average Bonchev–Trinajstić information content (AvgIpc) is 2.49. The van der Waals surface area contributed by atoms with Crippen LogP contribution in [-0.2, 0) is 0 Å². The van der Waals surface area contributed by atoms with Gasteiger partial charge >= 0.3 is 0 Å². The van der Waals surface area contributed by atoms with Gasteiger partial charge in [-0.05, 0) is 41.0 Å². The molecule has 3 heteroatoms. The predicted octanol–water partition coefficient (Wildman–Crippen LogP) is 6.27. The van der Waals surface area contributed by atoms with Crippen molar-refractivity contribution in [1.29, 1.82) is 0 Å². The van der Waals surface area contributed by atoms with Crippen molar-refractivity contribution in [3.8, 4) is 0 Å². The Morgan fingerprint density at radius 3 is 2.48 bits per heavy atom. The van der Waals surface area contributed by atoms with E-state index >= 15 is 0 Å². The highest BCUT2D eigenvalue weighted by Gasteiger charge is 2.09. The molecule has 0 aliphatic carbocycles. The van der Waals surface area contributed by atoms with Gasteiger partial charge in [0.1, 0.15) is 0 Å². The standard InChI is InChI=1S/C18H30BrNS/c1-3-5-6-7-8-9-12-16(20-4-2)15-21-18-14-11-10-13-17(18)19/h10-11,13-14,16,20H,3-9,12,15H2,1-2H3. The van der Waals surface area contributed by atoms with E-state index in [-0.39, 0.29) is 0 Å². The highest BCUT2D eigenvalue weighted by Crippen LogP contribution is 2.28. The second kappa shape index (κ2) is 12.5. The van der Waals surface area contributed by atoms with E-state index in [1.54, 1.807) is 0 Å². The van der Waals surface area contributed by atoms with Crippen LogP contribution in [0.25, 0.3) is 0 Å². The van der Waals surface area contributed by atoms with Gasteiger partial charge in [-0.3, -0.25) is 0 Å². The molecule has 0 radical (unpaired) electrons. The number of halogens is 1. The van der Waals surface area contributed by atoms with Crippen molar-refractivity contribution in [2.24, 2.45) is 0 Å². The zero-order valence-electron chi connectivity index (χ0n) is 13.5. The maximum atomic E-state index is 3.64. The first-order valence-corrected chi connectivity index (χ1v) is 10.2. The third-order valence-corrected chi connectivity index (χ3v) is 5.87. The number of rotatable bonds is 12. The number of benzene rings is 1. The lowest BCUT2D eigenvalue weighted by atomic mass is 10.1. The number of thioether (sulfide) groups is 1. The van der Waals surface area contributed by atoms with Crippen molar-refractivity contribution in [2.45, 2.75) is 69.7 Å². The van der Waals surface area contributed by atoms with Gasteiger partial charge in [-0.15, -0.1) is 11.8 Å². The molecule has 21 heavy (non-hydrogen) atoms. The molecule has 1 atom stereocenters. The lowest BCUT2D eigenvalue weighted by Crippen LogP contribution is -2.31. The maximum Gasteiger partial charge on any atom is 0.0311 e. The molecule has 1 rings (SSSR count). The van der Waals surface area contributed by atoms with Gasteiger partial charge in [0.25, 0.3) is 0 Å². The number of hydrogen-bond acceptors (Lipinski definition) is 2. The Balaban J connectivity index is 2.24. The SMILES string of the molecule is CCCCCCCCC(CSc1ccccc1Br)NCC. The molecule has 1 aromatic rings. The normalized spacial score (nSPS) is 12.5. The number of hydrogen-bond donors (Lipinski definition) is 1. The maximum absolute atomic E-state index is 3.64. The number of nitrogens with one attached hydrogen (secondary N) is 1. The van der Waals surface area contributed by atoms with Crippen LogP contribution in [-0.4, -0.2) is 18.3 Å². The molecule has 0 spiro atoms. The quantitative estimate of drug-likeness (QED) is 0.343. The zero-order chi connectivity index (χ0) is 15.3. The van der Waals surface area contributed by atoms with Crippen LogP contribution in [0.1, 0.15) is 58.8 Å². The molecule has 1 N–H and O–H groups in total. The Labute approximate surface area is 143 Å². The van der Waals surface area contributed by atoms with E-state index in [0.29, 0.717) is 6.04 Å². The summed E-state index contributed by atoms with van der Waals surface area (Å²) >= 11 is 5.59. The summed E-state index contributed by atoms with van der Waals surface area (Å²) in [7, 11) is 0. The van der Waals surface area contributed by atoms with E-state index in [2.05, 4.69) is 59.4 Å². The van der Waals surface area contributed by atoms with Gasteiger partial charge in [-0.25, -0.2) is 0 Å². The Hall–Kier alpha value is 0.01000.